The van der Waals surface area contributed by atoms with E-state index < -0.39 is 5.60 Å². The van der Waals surface area contributed by atoms with E-state index in [-0.39, 0.29) is 12.4 Å². The van der Waals surface area contributed by atoms with Crippen molar-refractivity contribution in [2.45, 2.75) is 71.8 Å². The van der Waals surface area contributed by atoms with Crippen LogP contribution in [0.4, 0.5) is 4.79 Å². The number of ether oxygens (including phenoxy) is 3. The molecule has 0 heterocycles. The molecule has 1 fully saturated rings. The van der Waals surface area contributed by atoms with Crippen molar-refractivity contribution in [3.05, 3.63) is 0 Å². The van der Waals surface area contributed by atoms with Crippen LogP contribution >= 0.6 is 0 Å². The molecule has 0 aromatic heterocycles. The average Bonchev–Trinajstić information content (AvgIpc) is 2.88. The first-order chi connectivity index (χ1) is 10.9. The largest absolute Gasteiger partial charge is 0.444 e. The molecule has 0 saturated heterocycles. The van der Waals surface area contributed by atoms with Gasteiger partial charge in [-0.05, 0) is 53.4 Å². The van der Waals surface area contributed by atoms with E-state index in [1.54, 1.807) is 0 Å². The molecule has 1 aliphatic rings. The summed E-state index contributed by atoms with van der Waals surface area (Å²) in [5.74, 6) is 0.423. The molecular weight excluding hydrogens is 296 g/mol. The molecule has 0 aliphatic heterocycles. The SMILES string of the molecule is CCOC(CNC1CCCC1CNC(=O)OC(C)(C)C)OCC. The molecule has 0 bridgehead atoms. The van der Waals surface area contributed by atoms with Gasteiger partial charge >= 0.3 is 6.09 Å². The summed E-state index contributed by atoms with van der Waals surface area (Å²) in [4.78, 5) is 11.8. The summed E-state index contributed by atoms with van der Waals surface area (Å²) >= 11 is 0. The fourth-order valence-electron chi connectivity index (χ4n) is 2.86. The van der Waals surface area contributed by atoms with E-state index >= 15 is 0 Å². The molecule has 1 rings (SSSR count). The van der Waals surface area contributed by atoms with Crippen molar-refractivity contribution in [3.63, 3.8) is 0 Å². The van der Waals surface area contributed by atoms with Crippen LogP contribution in [0.2, 0.25) is 0 Å². The molecule has 1 aliphatic carbocycles. The molecular formula is C17H34N2O4. The van der Waals surface area contributed by atoms with Crippen LogP contribution in [0.25, 0.3) is 0 Å². The highest BCUT2D eigenvalue weighted by Gasteiger charge is 2.28. The average molecular weight is 330 g/mol. The maximum absolute atomic E-state index is 11.8. The first-order valence-corrected chi connectivity index (χ1v) is 8.79. The van der Waals surface area contributed by atoms with E-state index in [0.717, 1.165) is 12.8 Å². The van der Waals surface area contributed by atoms with Gasteiger partial charge in [0.25, 0.3) is 0 Å². The Balaban J connectivity index is 2.34. The van der Waals surface area contributed by atoms with Crippen LogP contribution in [-0.2, 0) is 14.2 Å². The maximum Gasteiger partial charge on any atom is 0.407 e. The Morgan fingerprint density at radius 1 is 1.17 bits per heavy atom. The third kappa shape index (κ3) is 8.53. The van der Waals surface area contributed by atoms with E-state index in [9.17, 15) is 4.79 Å². The lowest BCUT2D eigenvalue weighted by Crippen LogP contribution is -2.44. The summed E-state index contributed by atoms with van der Waals surface area (Å²) in [6.45, 7) is 12.1. The number of hydrogen-bond acceptors (Lipinski definition) is 5. The van der Waals surface area contributed by atoms with Gasteiger partial charge in [-0.2, -0.15) is 0 Å². The molecule has 1 saturated carbocycles. The van der Waals surface area contributed by atoms with Gasteiger partial charge in [-0.3, -0.25) is 0 Å². The molecule has 0 spiro atoms. The molecule has 136 valence electrons. The molecule has 2 N–H and O–H groups in total. The van der Waals surface area contributed by atoms with Gasteiger partial charge in [0, 0.05) is 32.3 Å². The highest BCUT2D eigenvalue weighted by Crippen LogP contribution is 2.25. The summed E-state index contributed by atoms with van der Waals surface area (Å²) < 4.78 is 16.4. The van der Waals surface area contributed by atoms with Gasteiger partial charge < -0.3 is 24.8 Å². The zero-order valence-electron chi connectivity index (χ0n) is 15.3. The number of alkyl carbamates (subject to hydrolysis) is 1. The van der Waals surface area contributed by atoms with E-state index in [1.807, 2.05) is 34.6 Å². The monoisotopic (exact) mass is 330 g/mol. The molecule has 2 unspecified atom stereocenters. The molecule has 0 radical (unpaired) electrons. The number of amides is 1. The van der Waals surface area contributed by atoms with Crippen molar-refractivity contribution in [1.29, 1.82) is 0 Å². The van der Waals surface area contributed by atoms with Gasteiger partial charge in [-0.15, -0.1) is 0 Å². The number of carbonyl (C=O) groups excluding carboxylic acids is 1. The van der Waals surface area contributed by atoms with Crippen molar-refractivity contribution in [1.82, 2.24) is 10.6 Å². The number of nitrogens with one attached hydrogen (secondary N) is 2. The molecule has 1 amide bonds. The fraction of sp³-hybridized carbons (Fsp3) is 0.941. The van der Waals surface area contributed by atoms with Crippen molar-refractivity contribution in [2.75, 3.05) is 26.3 Å². The van der Waals surface area contributed by atoms with Crippen molar-refractivity contribution in [3.8, 4) is 0 Å². The van der Waals surface area contributed by atoms with E-state index in [2.05, 4.69) is 10.6 Å². The summed E-state index contributed by atoms with van der Waals surface area (Å²) in [6, 6.07) is 0.383. The molecule has 6 nitrogen and oxygen atoms in total. The predicted molar refractivity (Wildman–Crippen MR) is 90.4 cm³/mol. The first kappa shape index (κ1) is 20.2. The second-order valence-electron chi connectivity index (χ2n) is 6.93. The lowest BCUT2D eigenvalue weighted by atomic mass is 10.0. The lowest BCUT2D eigenvalue weighted by Gasteiger charge is -2.25. The maximum atomic E-state index is 11.8. The minimum atomic E-state index is -0.459. The number of carbonyl (C=O) groups is 1. The van der Waals surface area contributed by atoms with Gasteiger partial charge in [-0.1, -0.05) is 6.42 Å². The zero-order valence-corrected chi connectivity index (χ0v) is 15.3. The van der Waals surface area contributed by atoms with E-state index in [0.29, 0.717) is 38.3 Å². The van der Waals surface area contributed by atoms with Crippen LogP contribution in [0.3, 0.4) is 0 Å². The van der Waals surface area contributed by atoms with Gasteiger partial charge in [0.15, 0.2) is 6.29 Å². The van der Waals surface area contributed by atoms with Crippen LogP contribution in [0.5, 0.6) is 0 Å². The lowest BCUT2D eigenvalue weighted by molar-refractivity contribution is -0.134. The highest BCUT2D eigenvalue weighted by atomic mass is 16.7. The minimum Gasteiger partial charge on any atom is -0.444 e. The van der Waals surface area contributed by atoms with Crippen LogP contribution in [0.1, 0.15) is 53.9 Å². The number of hydrogen-bond donors (Lipinski definition) is 2. The van der Waals surface area contributed by atoms with Gasteiger partial charge in [0.2, 0.25) is 0 Å². The minimum absolute atomic E-state index is 0.204. The second kappa shape index (κ2) is 10.1. The Hall–Kier alpha value is -0.850. The highest BCUT2D eigenvalue weighted by molar-refractivity contribution is 5.67. The van der Waals surface area contributed by atoms with Crippen LogP contribution in [0.15, 0.2) is 0 Å². The van der Waals surface area contributed by atoms with Crippen LogP contribution < -0.4 is 10.6 Å². The van der Waals surface area contributed by atoms with Crippen LogP contribution in [-0.4, -0.2) is 50.3 Å². The topological polar surface area (TPSA) is 68.8 Å². The summed E-state index contributed by atoms with van der Waals surface area (Å²) in [5, 5.41) is 6.42. The van der Waals surface area contributed by atoms with E-state index in [4.69, 9.17) is 14.2 Å². The summed E-state index contributed by atoms with van der Waals surface area (Å²) in [7, 11) is 0. The molecule has 6 heteroatoms. The number of rotatable bonds is 9. The Morgan fingerprint density at radius 3 is 2.39 bits per heavy atom. The first-order valence-electron chi connectivity index (χ1n) is 8.79. The van der Waals surface area contributed by atoms with Gasteiger partial charge in [-0.25, -0.2) is 4.79 Å². The Morgan fingerprint density at radius 2 is 1.83 bits per heavy atom. The summed E-state index contributed by atoms with van der Waals surface area (Å²) in [5.41, 5.74) is -0.459. The second-order valence-corrected chi connectivity index (χ2v) is 6.93. The van der Waals surface area contributed by atoms with Crippen molar-refractivity contribution < 1.29 is 19.0 Å². The van der Waals surface area contributed by atoms with Gasteiger partial charge in [0.1, 0.15) is 5.60 Å². The standard InChI is InChI=1S/C17H34N2O4/c1-6-21-15(22-7-2)12-18-14-10-8-9-13(14)11-19-16(20)23-17(3,4)5/h13-15,18H,6-12H2,1-5H3,(H,19,20). The van der Waals surface area contributed by atoms with E-state index in [1.165, 1.54) is 6.42 Å². The Labute approximate surface area is 140 Å². The van der Waals surface area contributed by atoms with Crippen molar-refractivity contribution >= 4 is 6.09 Å². The quantitative estimate of drug-likeness (QED) is 0.636. The molecule has 23 heavy (non-hydrogen) atoms. The molecule has 0 aromatic carbocycles. The third-order valence-corrected chi connectivity index (χ3v) is 3.82. The normalized spacial score (nSPS) is 21.7. The Bertz CT molecular complexity index is 338. The van der Waals surface area contributed by atoms with Crippen LogP contribution in [0, 0.1) is 5.92 Å². The summed E-state index contributed by atoms with van der Waals surface area (Å²) in [6.07, 6.45) is 2.86. The smallest absolute Gasteiger partial charge is 0.407 e. The predicted octanol–water partition coefficient (Wildman–Crippen LogP) is 2.67. The van der Waals surface area contributed by atoms with Gasteiger partial charge in [0.05, 0.1) is 0 Å². The molecule has 2 atom stereocenters. The van der Waals surface area contributed by atoms with Crippen molar-refractivity contribution in [2.24, 2.45) is 5.92 Å². The third-order valence-electron chi connectivity index (χ3n) is 3.82. The zero-order chi connectivity index (χ0) is 17.3. The fourth-order valence-corrected chi connectivity index (χ4v) is 2.86. The molecule has 0 aromatic rings. The Kier molecular flexibility index (Phi) is 8.87.